The maximum absolute atomic E-state index is 6.02. The number of anilines is 1. The lowest BCUT2D eigenvalue weighted by atomic mass is 10.0. The molecule has 3 heteroatoms. The summed E-state index contributed by atoms with van der Waals surface area (Å²) in [6, 6.07) is 8.33. The van der Waals surface area contributed by atoms with Gasteiger partial charge in [-0.1, -0.05) is 19.1 Å². The first-order valence-corrected chi connectivity index (χ1v) is 6.86. The Morgan fingerprint density at radius 2 is 2.11 bits per heavy atom. The van der Waals surface area contributed by atoms with Crippen LogP contribution in [-0.4, -0.2) is 31.8 Å². The van der Waals surface area contributed by atoms with E-state index in [0.717, 1.165) is 38.3 Å². The molecule has 100 valence electrons. The Morgan fingerprint density at radius 3 is 2.89 bits per heavy atom. The molecule has 1 aromatic carbocycles. The highest BCUT2D eigenvalue weighted by atomic mass is 16.5. The Kier molecular flexibility index (Phi) is 4.12. The van der Waals surface area contributed by atoms with Crippen molar-refractivity contribution in [1.82, 2.24) is 5.32 Å². The van der Waals surface area contributed by atoms with Gasteiger partial charge in [0.1, 0.15) is 11.4 Å². The molecule has 1 aromatic rings. The van der Waals surface area contributed by atoms with E-state index in [-0.39, 0.29) is 5.60 Å². The smallest absolute Gasteiger partial charge is 0.143 e. The third-order valence-electron chi connectivity index (χ3n) is 3.20. The largest absolute Gasteiger partial charge is 0.484 e. The van der Waals surface area contributed by atoms with E-state index in [0.29, 0.717) is 0 Å². The van der Waals surface area contributed by atoms with Gasteiger partial charge in [-0.05, 0) is 45.5 Å². The minimum atomic E-state index is -0.105. The highest BCUT2D eigenvalue weighted by molar-refractivity contribution is 5.60. The van der Waals surface area contributed by atoms with E-state index < -0.39 is 0 Å². The second-order valence-corrected chi connectivity index (χ2v) is 5.46. The van der Waals surface area contributed by atoms with Crippen LogP contribution in [0.2, 0.25) is 0 Å². The number of hydrogen-bond donors (Lipinski definition) is 1. The number of nitrogens with one attached hydrogen (secondary N) is 1. The highest BCUT2D eigenvalue weighted by Gasteiger charge is 2.30. The molecule has 1 aliphatic rings. The predicted octanol–water partition coefficient (Wildman–Crippen LogP) is 2.66. The highest BCUT2D eigenvalue weighted by Crippen LogP contribution is 2.36. The van der Waals surface area contributed by atoms with Gasteiger partial charge in [0.15, 0.2) is 0 Å². The molecule has 0 spiro atoms. The van der Waals surface area contributed by atoms with Crippen LogP contribution in [0.25, 0.3) is 0 Å². The molecule has 0 bridgehead atoms. The Bertz CT molecular complexity index is 390. The lowest BCUT2D eigenvalue weighted by molar-refractivity contribution is 0.105. The van der Waals surface area contributed by atoms with Crippen LogP contribution in [0.15, 0.2) is 24.3 Å². The number of benzene rings is 1. The average molecular weight is 248 g/mol. The van der Waals surface area contributed by atoms with Gasteiger partial charge in [0.25, 0.3) is 0 Å². The van der Waals surface area contributed by atoms with Crippen LogP contribution >= 0.6 is 0 Å². The second kappa shape index (κ2) is 5.61. The summed E-state index contributed by atoms with van der Waals surface area (Å²) in [7, 11) is 0. The lowest BCUT2D eigenvalue weighted by Gasteiger charge is -2.41. The molecule has 0 amide bonds. The fraction of sp³-hybridized carbons (Fsp3) is 0.600. The van der Waals surface area contributed by atoms with E-state index in [2.05, 4.69) is 49.2 Å². The van der Waals surface area contributed by atoms with Crippen LogP contribution in [-0.2, 0) is 0 Å². The van der Waals surface area contributed by atoms with Crippen LogP contribution in [0.5, 0.6) is 5.75 Å². The van der Waals surface area contributed by atoms with Crippen molar-refractivity contribution in [1.29, 1.82) is 0 Å². The Balaban J connectivity index is 2.05. The molecule has 0 aromatic heterocycles. The maximum Gasteiger partial charge on any atom is 0.143 e. The van der Waals surface area contributed by atoms with Crippen LogP contribution in [0, 0.1) is 0 Å². The van der Waals surface area contributed by atoms with Gasteiger partial charge in [-0.15, -0.1) is 0 Å². The quantitative estimate of drug-likeness (QED) is 0.811. The Hall–Kier alpha value is -1.22. The third-order valence-corrected chi connectivity index (χ3v) is 3.20. The van der Waals surface area contributed by atoms with E-state index in [1.807, 2.05) is 6.07 Å². The molecule has 18 heavy (non-hydrogen) atoms. The van der Waals surface area contributed by atoms with E-state index in [1.165, 1.54) is 5.69 Å². The molecule has 1 aliphatic heterocycles. The maximum atomic E-state index is 6.02. The molecule has 0 radical (unpaired) electrons. The van der Waals surface area contributed by atoms with Crippen LogP contribution in [0.1, 0.15) is 27.2 Å². The molecule has 1 N–H and O–H groups in total. The van der Waals surface area contributed by atoms with Gasteiger partial charge >= 0.3 is 0 Å². The zero-order valence-corrected chi connectivity index (χ0v) is 11.7. The molecular formula is C15H24N2O. The van der Waals surface area contributed by atoms with Crippen LogP contribution in [0.3, 0.4) is 0 Å². The standard InChI is InChI=1S/C15H24N2O/c1-4-16-10-7-11-17-12-15(2,3)18-14-9-6-5-8-13(14)17/h5-6,8-9,16H,4,7,10-12H2,1-3H3. The van der Waals surface area contributed by atoms with E-state index in [9.17, 15) is 0 Å². The molecule has 0 saturated carbocycles. The number of nitrogens with zero attached hydrogens (tertiary/aromatic N) is 1. The first kappa shape index (κ1) is 13.2. The predicted molar refractivity (Wildman–Crippen MR) is 76.5 cm³/mol. The summed E-state index contributed by atoms with van der Waals surface area (Å²) in [5.74, 6) is 1.01. The zero-order chi connectivity index (χ0) is 13.0. The van der Waals surface area contributed by atoms with E-state index in [1.54, 1.807) is 0 Å². The molecule has 0 aliphatic carbocycles. The third kappa shape index (κ3) is 3.16. The van der Waals surface area contributed by atoms with Gasteiger partial charge in [0, 0.05) is 6.54 Å². The van der Waals surface area contributed by atoms with Crippen molar-refractivity contribution in [3.05, 3.63) is 24.3 Å². The number of para-hydroxylation sites is 2. The molecule has 1 heterocycles. The summed E-state index contributed by atoms with van der Waals surface area (Å²) in [5.41, 5.74) is 1.13. The van der Waals surface area contributed by atoms with E-state index in [4.69, 9.17) is 4.74 Å². The van der Waals surface area contributed by atoms with Gasteiger partial charge in [-0.2, -0.15) is 0 Å². The molecule has 0 unspecified atom stereocenters. The van der Waals surface area contributed by atoms with Crippen LogP contribution < -0.4 is 15.0 Å². The molecule has 2 rings (SSSR count). The topological polar surface area (TPSA) is 24.5 Å². The van der Waals surface area contributed by atoms with Crippen molar-refractivity contribution in [2.75, 3.05) is 31.1 Å². The first-order valence-electron chi connectivity index (χ1n) is 6.86. The van der Waals surface area contributed by atoms with Gasteiger partial charge < -0.3 is 15.0 Å². The zero-order valence-electron chi connectivity index (χ0n) is 11.7. The monoisotopic (exact) mass is 248 g/mol. The summed E-state index contributed by atoms with van der Waals surface area (Å²) < 4.78 is 6.02. The summed E-state index contributed by atoms with van der Waals surface area (Å²) >= 11 is 0. The molecule has 0 saturated heterocycles. The lowest BCUT2D eigenvalue weighted by Crippen LogP contribution is -2.47. The number of ether oxygens (including phenoxy) is 1. The first-order chi connectivity index (χ1) is 8.62. The van der Waals surface area contributed by atoms with E-state index >= 15 is 0 Å². The van der Waals surface area contributed by atoms with Crippen molar-refractivity contribution in [2.24, 2.45) is 0 Å². The summed E-state index contributed by atoms with van der Waals surface area (Å²) in [6.45, 7) is 10.6. The molecule has 0 fully saturated rings. The average Bonchev–Trinajstić information content (AvgIpc) is 2.33. The number of hydrogen-bond acceptors (Lipinski definition) is 3. The molecular weight excluding hydrogens is 224 g/mol. The number of rotatable bonds is 5. The number of fused-ring (bicyclic) bond motifs is 1. The fourth-order valence-corrected chi connectivity index (χ4v) is 2.45. The Morgan fingerprint density at radius 1 is 1.33 bits per heavy atom. The van der Waals surface area contributed by atoms with Crippen molar-refractivity contribution in [3.8, 4) is 5.75 Å². The summed E-state index contributed by atoms with van der Waals surface area (Å²) in [4.78, 5) is 2.44. The van der Waals surface area contributed by atoms with Crippen molar-refractivity contribution >= 4 is 5.69 Å². The van der Waals surface area contributed by atoms with Crippen molar-refractivity contribution < 1.29 is 4.74 Å². The minimum absolute atomic E-state index is 0.105. The van der Waals surface area contributed by atoms with Gasteiger partial charge in [-0.25, -0.2) is 0 Å². The van der Waals surface area contributed by atoms with Crippen molar-refractivity contribution in [3.63, 3.8) is 0 Å². The summed E-state index contributed by atoms with van der Waals surface area (Å²) in [5, 5.41) is 3.37. The SMILES string of the molecule is CCNCCCN1CC(C)(C)Oc2ccccc21. The molecule has 3 nitrogen and oxygen atoms in total. The Labute approximate surface area is 110 Å². The van der Waals surface area contributed by atoms with Gasteiger partial charge in [-0.3, -0.25) is 0 Å². The molecule has 0 atom stereocenters. The second-order valence-electron chi connectivity index (χ2n) is 5.46. The summed E-state index contributed by atoms with van der Waals surface area (Å²) in [6.07, 6.45) is 1.16. The van der Waals surface area contributed by atoms with Crippen LogP contribution in [0.4, 0.5) is 5.69 Å². The van der Waals surface area contributed by atoms with Crippen molar-refractivity contribution in [2.45, 2.75) is 32.8 Å². The minimum Gasteiger partial charge on any atom is -0.484 e. The van der Waals surface area contributed by atoms with Gasteiger partial charge in [0.2, 0.25) is 0 Å². The normalized spacial score (nSPS) is 17.2. The fourth-order valence-electron chi connectivity index (χ4n) is 2.45. The van der Waals surface area contributed by atoms with Gasteiger partial charge in [0.05, 0.1) is 12.2 Å².